The van der Waals surface area contributed by atoms with Gasteiger partial charge in [0.25, 0.3) is 0 Å². The summed E-state index contributed by atoms with van der Waals surface area (Å²) in [6, 6.07) is 6.42. The molecule has 4 nitrogen and oxygen atoms in total. The minimum Gasteiger partial charge on any atom is -0.326 e. The molecule has 1 saturated heterocycles. The van der Waals surface area contributed by atoms with Crippen LogP contribution in [0.4, 0.5) is 5.69 Å². The lowest BCUT2D eigenvalue weighted by Crippen LogP contribution is -2.39. The monoisotopic (exact) mass is 259 g/mol. The molecule has 3 N–H and O–H groups in total. The van der Waals surface area contributed by atoms with Gasteiger partial charge in [-0.3, -0.25) is 4.79 Å². The normalized spacial score (nSPS) is 24.9. The van der Waals surface area contributed by atoms with Crippen molar-refractivity contribution in [3.8, 4) is 0 Å². The quantitative estimate of drug-likeness (QED) is 0.838. The summed E-state index contributed by atoms with van der Waals surface area (Å²) in [6.07, 6.45) is 1.51. The van der Waals surface area contributed by atoms with Crippen molar-refractivity contribution >= 4 is 11.6 Å². The van der Waals surface area contributed by atoms with Gasteiger partial charge in [-0.2, -0.15) is 0 Å². The zero-order valence-corrected chi connectivity index (χ0v) is 11.6. The summed E-state index contributed by atoms with van der Waals surface area (Å²) >= 11 is 0. The van der Waals surface area contributed by atoms with E-state index >= 15 is 0 Å². The molecule has 0 aromatic heterocycles. The molecule has 0 spiro atoms. The number of anilines is 1. The number of nitrogens with two attached hydrogens (primary N) is 1. The molecule has 0 saturated carbocycles. The molecule has 4 heteroatoms. The van der Waals surface area contributed by atoms with Crippen LogP contribution in [0.5, 0.6) is 0 Å². The van der Waals surface area contributed by atoms with Gasteiger partial charge in [-0.1, -0.05) is 12.1 Å². The molecule has 2 heterocycles. The molecular weight excluding hydrogens is 238 g/mol. The van der Waals surface area contributed by atoms with E-state index in [2.05, 4.69) is 25.2 Å². The first-order valence-electron chi connectivity index (χ1n) is 6.89. The zero-order valence-electron chi connectivity index (χ0n) is 11.6. The minimum atomic E-state index is 0.116. The molecule has 1 fully saturated rings. The average molecular weight is 259 g/mol. The summed E-state index contributed by atoms with van der Waals surface area (Å²) in [6.45, 7) is 5.77. The number of carbonyl (C=O) groups is 1. The smallest absolute Gasteiger partial charge is 0.231 e. The van der Waals surface area contributed by atoms with Gasteiger partial charge in [-0.05, 0) is 37.5 Å². The molecule has 3 rings (SSSR count). The number of rotatable bonds is 2. The molecule has 2 aliphatic heterocycles. The molecule has 1 atom stereocenters. The Hall–Kier alpha value is -1.39. The van der Waals surface area contributed by atoms with Crippen LogP contribution in [-0.4, -0.2) is 24.0 Å². The van der Waals surface area contributed by atoms with E-state index in [1.165, 1.54) is 0 Å². The number of nitrogens with one attached hydrogen (secondary N) is 1. The lowest BCUT2D eigenvalue weighted by molar-refractivity contribution is -0.117. The fourth-order valence-electron chi connectivity index (χ4n) is 3.24. The van der Waals surface area contributed by atoms with Crippen LogP contribution in [0.15, 0.2) is 18.2 Å². The van der Waals surface area contributed by atoms with Crippen molar-refractivity contribution in [2.24, 2.45) is 5.73 Å². The minimum absolute atomic E-state index is 0.116. The second-order valence-corrected chi connectivity index (χ2v) is 6.23. The van der Waals surface area contributed by atoms with E-state index in [1.54, 1.807) is 0 Å². The van der Waals surface area contributed by atoms with Crippen LogP contribution in [0.3, 0.4) is 0 Å². The predicted molar refractivity (Wildman–Crippen MR) is 76.0 cm³/mol. The lowest BCUT2D eigenvalue weighted by Gasteiger charge is -2.25. The summed E-state index contributed by atoms with van der Waals surface area (Å²) in [7, 11) is 0. The second-order valence-electron chi connectivity index (χ2n) is 6.23. The molecule has 1 aromatic rings. The van der Waals surface area contributed by atoms with Gasteiger partial charge in [0.15, 0.2) is 0 Å². The number of hydrogen-bond donors (Lipinski definition) is 2. The topological polar surface area (TPSA) is 58.4 Å². The summed E-state index contributed by atoms with van der Waals surface area (Å²) in [5.41, 5.74) is 9.07. The molecule has 1 aromatic carbocycles. The van der Waals surface area contributed by atoms with Crippen molar-refractivity contribution in [2.75, 3.05) is 11.4 Å². The second kappa shape index (κ2) is 4.32. The number of carbonyl (C=O) groups excluding carboxylic acids is 1. The number of hydrogen-bond acceptors (Lipinski definition) is 3. The lowest BCUT2D eigenvalue weighted by atomic mass is 10.0. The van der Waals surface area contributed by atoms with Crippen LogP contribution in [0.25, 0.3) is 0 Å². The van der Waals surface area contributed by atoms with Gasteiger partial charge in [-0.25, -0.2) is 0 Å². The molecule has 0 aliphatic carbocycles. The molecule has 102 valence electrons. The Balaban J connectivity index is 1.91. The highest BCUT2D eigenvalue weighted by atomic mass is 16.2. The van der Waals surface area contributed by atoms with E-state index < -0.39 is 0 Å². The average Bonchev–Trinajstić information content (AvgIpc) is 2.86. The van der Waals surface area contributed by atoms with Crippen LogP contribution < -0.4 is 16.0 Å². The maximum Gasteiger partial charge on any atom is 0.231 e. The first-order chi connectivity index (χ1) is 9.00. The molecule has 2 aliphatic rings. The van der Waals surface area contributed by atoms with Crippen molar-refractivity contribution in [1.29, 1.82) is 0 Å². The fourth-order valence-corrected chi connectivity index (χ4v) is 3.24. The van der Waals surface area contributed by atoms with Crippen molar-refractivity contribution in [3.63, 3.8) is 0 Å². The Kier molecular flexibility index (Phi) is 2.87. The van der Waals surface area contributed by atoms with E-state index in [-0.39, 0.29) is 17.5 Å². The highest BCUT2D eigenvalue weighted by Crippen LogP contribution is 2.35. The molecule has 1 amide bonds. The fraction of sp³-hybridized carbons (Fsp3) is 0.533. The Morgan fingerprint density at radius 2 is 2.26 bits per heavy atom. The van der Waals surface area contributed by atoms with E-state index in [9.17, 15) is 4.79 Å². The third-order valence-electron chi connectivity index (χ3n) is 4.18. The SMILES string of the molecule is CC1(C)CC(N2C(=O)Cc3cc(CN)ccc32)CN1. The number of benzene rings is 1. The van der Waals surface area contributed by atoms with Crippen LogP contribution >= 0.6 is 0 Å². The van der Waals surface area contributed by atoms with Gasteiger partial charge >= 0.3 is 0 Å². The maximum atomic E-state index is 12.3. The predicted octanol–water partition coefficient (Wildman–Crippen LogP) is 1.17. The van der Waals surface area contributed by atoms with Crippen molar-refractivity contribution in [1.82, 2.24) is 5.32 Å². The van der Waals surface area contributed by atoms with Crippen LogP contribution in [0.1, 0.15) is 31.4 Å². The van der Waals surface area contributed by atoms with Crippen LogP contribution in [-0.2, 0) is 17.8 Å². The summed E-state index contributed by atoms with van der Waals surface area (Å²) < 4.78 is 0. The summed E-state index contributed by atoms with van der Waals surface area (Å²) in [5, 5.41) is 3.48. The number of nitrogens with zero attached hydrogens (tertiary/aromatic N) is 1. The Morgan fingerprint density at radius 3 is 2.89 bits per heavy atom. The third kappa shape index (κ3) is 2.15. The van der Waals surface area contributed by atoms with Gasteiger partial charge in [0, 0.05) is 24.3 Å². The van der Waals surface area contributed by atoms with Gasteiger partial charge in [-0.15, -0.1) is 0 Å². The van der Waals surface area contributed by atoms with Crippen molar-refractivity contribution < 1.29 is 4.79 Å². The van der Waals surface area contributed by atoms with E-state index in [0.29, 0.717) is 13.0 Å². The van der Waals surface area contributed by atoms with Crippen molar-refractivity contribution in [2.45, 2.75) is 44.8 Å². The van der Waals surface area contributed by atoms with Crippen LogP contribution in [0, 0.1) is 0 Å². The summed E-state index contributed by atoms with van der Waals surface area (Å²) in [4.78, 5) is 14.3. The molecule has 19 heavy (non-hydrogen) atoms. The Bertz CT molecular complexity index is 524. The van der Waals surface area contributed by atoms with E-state index in [0.717, 1.165) is 29.8 Å². The summed E-state index contributed by atoms with van der Waals surface area (Å²) in [5.74, 6) is 0.216. The van der Waals surface area contributed by atoms with Crippen molar-refractivity contribution in [3.05, 3.63) is 29.3 Å². The Labute approximate surface area is 114 Å². The number of amides is 1. The molecule has 1 unspecified atom stereocenters. The van der Waals surface area contributed by atoms with Crippen LogP contribution in [0.2, 0.25) is 0 Å². The largest absolute Gasteiger partial charge is 0.326 e. The maximum absolute atomic E-state index is 12.3. The first kappa shape index (κ1) is 12.6. The van der Waals surface area contributed by atoms with Gasteiger partial charge < -0.3 is 16.0 Å². The van der Waals surface area contributed by atoms with E-state index in [4.69, 9.17) is 5.73 Å². The first-order valence-corrected chi connectivity index (χ1v) is 6.89. The van der Waals surface area contributed by atoms with Gasteiger partial charge in [0.2, 0.25) is 5.91 Å². The van der Waals surface area contributed by atoms with Gasteiger partial charge in [0.1, 0.15) is 0 Å². The Morgan fingerprint density at radius 1 is 1.47 bits per heavy atom. The molecular formula is C15H21N3O. The number of fused-ring (bicyclic) bond motifs is 1. The molecule has 0 radical (unpaired) electrons. The third-order valence-corrected chi connectivity index (χ3v) is 4.18. The standard InChI is InChI=1S/C15H21N3O/c1-15(2)7-12(9-17-15)18-13-4-3-10(8-16)5-11(13)6-14(18)19/h3-5,12,17H,6-9,16H2,1-2H3. The highest BCUT2D eigenvalue weighted by molar-refractivity contribution is 6.02. The molecule has 0 bridgehead atoms. The zero-order chi connectivity index (χ0) is 13.6. The van der Waals surface area contributed by atoms with E-state index in [1.807, 2.05) is 17.0 Å². The van der Waals surface area contributed by atoms with Gasteiger partial charge in [0.05, 0.1) is 12.5 Å². The highest BCUT2D eigenvalue weighted by Gasteiger charge is 2.39.